The molecule has 7 heteroatoms. The first-order chi connectivity index (χ1) is 16.7. The molecule has 206 valence electrons. The van der Waals surface area contributed by atoms with Gasteiger partial charge in [-0.3, -0.25) is 0 Å². The first-order valence-electron chi connectivity index (χ1n) is 12.9. The predicted octanol–water partition coefficient (Wildman–Crippen LogP) is 2.92. The SMILES string of the molecule is CC[C@H](C)[O-].CC[C@H](C)[O-].Cc1cc([O-])c(CN(C)CCN(C)Cc2cc(C)c(C)cc2[O-])cc1C.[Ti+4]. The summed E-state index contributed by atoms with van der Waals surface area (Å²) < 4.78 is 0. The van der Waals surface area contributed by atoms with Crippen molar-refractivity contribution >= 4 is 0 Å². The van der Waals surface area contributed by atoms with Gasteiger partial charge in [-0.2, -0.15) is 0 Å². The van der Waals surface area contributed by atoms with Crippen LogP contribution in [0.5, 0.6) is 11.5 Å². The molecule has 0 aliphatic heterocycles. The summed E-state index contributed by atoms with van der Waals surface area (Å²) in [6, 6.07) is 7.44. The van der Waals surface area contributed by atoms with Gasteiger partial charge >= 0.3 is 21.7 Å². The van der Waals surface area contributed by atoms with Crippen molar-refractivity contribution in [3.63, 3.8) is 0 Å². The summed E-state index contributed by atoms with van der Waals surface area (Å²) in [6.07, 6.45) is 0.769. The number of hydrogen-bond donors (Lipinski definition) is 0. The van der Waals surface area contributed by atoms with Crippen LogP contribution in [0, 0.1) is 27.7 Å². The molecule has 0 N–H and O–H groups in total. The summed E-state index contributed by atoms with van der Waals surface area (Å²) in [5.74, 6) is 0.221. The van der Waals surface area contributed by atoms with Gasteiger partial charge in [-0.25, -0.2) is 0 Å². The van der Waals surface area contributed by atoms with E-state index in [2.05, 4.69) is 9.80 Å². The molecule has 0 aliphatic rings. The van der Waals surface area contributed by atoms with Gasteiger partial charge in [-0.1, -0.05) is 64.8 Å². The van der Waals surface area contributed by atoms with E-state index in [1.165, 1.54) is 0 Å². The van der Waals surface area contributed by atoms with Crippen LogP contribution in [-0.2, 0) is 34.8 Å². The van der Waals surface area contributed by atoms with Gasteiger partial charge in [-0.15, -0.1) is 23.7 Å². The van der Waals surface area contributed by atoms with Crippen LogP contribution in [-0.4, -0.2) is 49.2 Å². The summed E-state index contributed by atoms with van der Waals surface area (Å²) in [7, 11) is 4.05. The fraction of sp³-hybridized carbons (Fsp3) is 0.600. The van der Waals surface area contributed by atoms with Crippen molar-refractivity contribution < 1.29 is 42.1 Å². The van der Waals surface area contributed by atoms with Gasteiger partial charge in [0.25, 0.3) is 0 Å². The van der Waals surface area contributed by atoms with E-state index in [9.17, 15) is 20.4 Å². The van der Waals surface area contributed by atoms with Gasteiger partial charge < -0.3 is 30.2 Å². The van der Waals surface area contributed by atoms with Crippen molar-refractivity contribution in [3.05, 3.63) is 57.6 Å². The van der Waals surface area contributed by atoms with E-state index >= 15 is 0 Å². The van der Waals surface area contributed by atoms with E-state index in [4.69, 9.17) is 0 Å². The Morgan fingerprint density at radius 1 is 0.622 bits per heavy atom. The van der Waals surface area contributed by atoms with Crippen LogP contribution >= 0.6 is 0 Å². The standard InChI is InChI=1S/C22H32N2O2.2C4H9O.Ti/c1-15-9-19(21(25)11-17(15)3)13-23(5)7-8-24(6)14-20-10-16(2)18(4)12-22(20)26;2*1-3-4(2)5;/h9-12,25-26H,7-8,13-14H2,1-6H3;2*4H,3H2,1-2H3;/q;2*-1;+4/p-2/t;2*4-;/m.00./s1. The first-order valence-corrected chi connectivity index (χ1v) is 12.9. The van der Waals surface area contributed by atoms with Gasteiger partial charge in [0.2, 0.25) is 0 Å². The Labute approximate surface area is 241 Å². The van der Waals surface area contributed by atoms with Crippen molar-refractivity contribution in [3.8, 4) is 11.5 Å². The Balaban J connectivity index is 0. The molecule has 0 unspecified atom stereocenters. The molecule has 0 aliphatic carbocycles. The number of aryl methyl sites for hydroxylation is 4. The molecule has 0 fully saturated rings. The topological polar surface area (TPSA) is 98.7 Å². The van der Waals surface area contributed by atoms with Gasteiger partial charge in [0.1, 0.15) is 0 Å². The quantitative estimate of drug-likeness (QED) is 0.447. The van der Waals surface area contributed by atoms with E-state index in [-0.39, 0.29) is 45.4 Å². The molecule has 0 aromatic heterocycles. The Morgan fingerprint density at radius 2 is 0.865 bits per heavy atom. The average Bonchev–Trinajstić information content (AvgIpc) is 2.80. The minimum absolute atomic E-state index is 0. The molecule has 2 atom stereocenters. The molecule has 0 spiro atoms. The number of likely N-dealkylation sites (N-methyl/N-ethyl adjacent to an activating group) is 2. The Bertz CT molecular complexity index is 830. The normalized spacial score (nSPS) is 12.2. The van der Waals surface area contributed by atoms with E-state index < -0.39 is 0 Å². The number of nitrogens with zero attached hydrogens (tertiary/aromatic N) is 2. The van der Waals surface area contributed by atoms with E-state index in [0.717, 1.165) is 59.3 Å². The second kappa shape index (κ2) is 19.6. The molecular weight excluding hydrogens is 500 g/mol. The minimum atomic E-state index is -0.366. The van der Waals surface area contributed by atoms with Crippen molar-refractivity contribution in [2.24, 2.45) is 0 Å². The third-order valence-electron chi connectivity index (χ3n) is 6.25. The molecular formula is C30H48N2O4Ti. The largest absolute Gasteiger partial charge is 4.00 e. The maximum atomic E-state index is 12.1. The van der Waals surface area contributed by atoms with Crippen LogP contribution in [0.15, 0.2) is 24.3 Å². The Kier molecular flexibility index (Phi) is 20.0. The van der Waals surface area contributed by atoms with Crippen LogP contribution < -0.4 is 20.4 Å². The number of hydrogen-bond acceptors (Lipinski definition) is 6. The molecule has 2 rings (SSSR count). The monoisotopic (exact) mass is 548 g/mol. The zero-order valence-corrected chi connectivity index (χ0v) is 26.3. The number of rotatable bonds is 9. The molecule has 0 saturated carbocycles. The molecule has 2 aromatic rings. The van der Waals surface area contributed by atoms with Crippen LogP contribution in [0.3, 0.4) is 0 Å². The molecule has 0 amide bonds. The second-order valence-corrected chi connectivity index (χ2v) is 10.0. The summed E-state index contributed by atoms with van der Waals surface area (Å²) in [4.78, 5) is 4.31. The second-order valence-electron chi connectivity index (χ2n) is 10.0. The van der Waals surface area contributed by atoms with Gasteiger partial charge in [0.15, 0.2) is 0 Å². The smallest absolute Gasteiger partial charge is 0.872 e. The summed E-state index contributed by atoms with van der Waals surface area (Å²) >= 11 is 0. The van der Waals surface area contributed by atoms with Gasteiger partial charge in [0.05, 0.1) is 0 Å². The van der Waals surface area contributed by atoms with Crippen molar-refractivity contribution in [1.82, 2.24) is 9.80 Å². The third-order valence-corrected chi connectivity index (χ3v) is 6.25. The predicted molar refractivity (Wildman–Crippen MR) is 143 cm³/mol. The molecule has 0 saturated heterocycles. The van der Waals surface area contributed by atoms with Crippen molar-refractivity contribution in [2.75, 3.05) is 27.2 Å². The van der Waals surface area contributed by atoms with Crippen molar-refractivity contribution in [2.45, 2.75) is 93.5 Å². The van der Waals surface area contributed by atoms with Crippen LogP contribution in [0.2, 0.25) is 0 Å². The van der Waals surface area contributed by atoms with Crippen LogP contribution in [0.1, 0.15) is 73.9 Å². The zero-order valence-electron chi connectivity index (χ0n) is 24.7. The van der Waals surface area contributed by atoms with Gasteiger partial charge in [0, 0.05) is 26.2 Å². The summed E-state index contributed by atoms with van der Waals surface area (Å²) in [5.41, 5.74) is 6.08. The summed E-state index contributed by atoms with van der Waals surface area (Å²) in [5, 5.41) is 44.1. The van der Waals surface area contributed by atoms with Crippen LogP contribution in [0.25, 0.3) is 0 Å². The van der Waals surface area contributed by atoms with Crippen LogP contribution in [0.4, 0.5) is 0 Å². The fourth-order valence-electron chi connectivity index (χ4n) is 3.03. The average molecular weight is 549 g/mol. The molecule has 2 aromatic carbocycles. The molecule has 6 nitrogen and oxygen atoms in total. The van der Waals surface area contributed by atoms with E-state index in [0.29, 0.717) is 13.1 Å². The first kappa shape index (κ1) is 37.7. The Hall–Kier alpha value is -1.41. The molecule has 0 heterocycles. The fourth-order valence-corrected chi connectivity index (χ4v) is 3.03. The minimum Gasteiger partial charge on any atom is -0.872 e. The summed E-state index contributed by atoms with van der Waals surface area (Å²) in [6.45, 7) is 18.1. The van der Waals surface area contributed by atoms with Gasteiger partial charge in [-0.05, 0) is 75.2 Å². The molecule has 0 radical (unpaired) electrons. The van der Waals surface area contributed by atoms with Crippen molar-refractivity contribution in [1.29, 1.82) is 0 Å². The third kappa shape index (κ3) is 16.2. The molecule has 37 heavy (non-hydrogen) atoms. The zero-order chi connectivity index (χ0) is 28.0. The van der Waals surface area contributed by atoms with E-state index in [1.54, 1.807) is 26.0 Å². The molecule has 0 bridgehead atoms. The maximum absolute atomic E-state index is 12.1. The maximum Gasteiger partial charge on any atom is 4.00 e. The Morgan fingerprint density at radius 3 is 1.11 bits per heavy atom. The van der Waals surface area contributed by atoms with E-state index in [1.807, 2.05) is 67.8 Å². The number of benzene rings is 2.